The highest BCUT2D eigenvalue weighted by molar-refractivity contribution is 8.07. The van der Waals surface area contributed by atoms with Crippen LogP contribution in [0, 0.1) is 6.92 Å². The van der Waals surface area contributed by atoms with E-state index in [-0.39, 0.29) is 6.04 Å². The first kappa shape index (κ1) is 13.2. The molecule has 0 bridgehead atoms. The van der Waals surface area contributed by atoms with Gasteiger partial charge in [-0.1, -0.05) is 13.8 Å². The van der Waals surface area contributed by atoms with Crippen molar-refractivity contribution in [2.75, 3.05) is 5.75 Å². The van der Waals surface area contributed by atoms with Gasteiger partial charge in [-0.05, 0) is 24.1 Å². The van der Waals surface area contributed by atoms with Crippen LogP contribution in [0.25, 0.3) is 0 Å². The Labute approximate surface area is 112 Å². The Morgan fingerprint density at radius 2 is 2.18 bits per heavy atom. The summed E-state index contributed by atoms with van der Waals surface area (Å²) in [5.74, 6) is 1.14. The molecular formula is C13H20N2S2. The van der Waals surface area contributed by atoms with Crippen LogP contribution in [-0.2, 0) is 0 Å². The molecule has 1 aromatic rings. The van der Waals surface area contributed by atoms with E-state index in [1.807, 2.05) is 42.0 Å². The van der Waals surface area contributed by atoms with Gasteiger partial charge in [0.05, 0.1) is 0 Å². The van der Waals surface area contributed by atoms with Crippen molar-refractivity contribution in [3.8, 4) is 0 Å². The molecule has 1 aromatic heterocycles. The number of thioether (sulfide) groups is 2. The zero-order valence-electron chi connectivity index (χ0n) is 10.6. The molecule has 2 rings (SSSR count). The summed E-state index contributed by atoms with van der Waals surface area (Å²) in [6, 6.07) is 2.15. The third kappa shape index (κ3) is 2.98. The van der Waals surface area contributed by atoms with E-state index in [9.17, 15) is 0 Å². The fourth-order valence-corrected chi connectivity index (χ4v) is 5.06. The number of nitrogens with zero attached hydrogens (tertiary/aromatic N) is 1. The standard InChI is InChI=1S/C13H20N2S2/c1-8-4-5-15-6-11(8)13(14)12-7-16-9(2)10(3)17-12/h4-6,9-10,12-13H,7,14H2,1-3H3. The maximum absolute atomic E-state index is 6.40. The topological polar surface area (TPSA) is 38.9 Å². The molecule has 94 valence electrons. The van der Waals surface area contributed by atoms with E-state index < -0.39 is 0 Å². The number of hydrogen-bond acceptors (Lipinski definition) is 4. The molecule has 0 aliphatic carbocycles. The summed E-state index contributed by atoms with van der Waals surface area (Å²) in [4.78, 5) is 4.20. The fourth-order valence-electron chi connectivity index (χ4n) is 2.02. The summed E-state index contributed by atoms with van der Waals surface area (Å²) >= 11 is 4.07. The molecule has 4 heteroatoms. The Bertz CT molecular complexity index is 383. The maximum atomic E-state index is 6.40. The summed E-state index contributed by atoms with van der Waals surface area (Å²) in [7, 11) is 0. The van der Waals surface area contributed by atoms with Crippen molar-refractivity contribution in [1.82, 2.24) is 4.98 Å². The first-order valence-electron chi connectivity index (χ1n) is 6.02. The minimum atomic E-state index is 0.108. The maximum Gasteiger partial charge on any atom is 0.0441 e. The van der Waals surface area contributed by atoms with Gasteiger partial charge in [0.15, 0.2) is 0 Å². The number of pyridine rings is 1. The molecule has 2 N–H and O–H groups in total. The largest absolute Gasteiger partial charge is 0.323 e. The average Bonchev–Trinajstić information content (AvgIpc) is 2.32. The van der Waals surface area contributed by atoms with E-state index in [1.165, 1.54) is 11.1 Å². The van der Waals surface area contributed by atoms with Crippen molar-refractivity contribution >= 4 is 23.5 Å². The lowest BCUT2D eigenvalue weighted by molar-refractivity contribution is 0.699. The van der Waals surface area contributed by atoms with E-state index >= 15 is 0 Å². The molecule has 0 aromatic carbocycles. The van der Waals surface area contributed by atoms with E-state index in [0.29, 0.717) is 10.5 Å². The predicted molar refractivity (Wildman–Crippen MR) is 78.7 cm³/mol. The normalized spacial score (nSPS) is 31.2. The smallest absolute Gasteiger partial charge is 0.0441 e. The van der Waals surface area contributed by atoms with E-state index in [0.717, 1.165) is 11.0 Å². The Morgan fingerprint density at radius 3 is 2.82 bits per heavy atom. The lowest BCUT2D eigenvalue weighted by Gasteiger charge is -2.34. The van der Waals surface area contributed by atoms with Crippen LogP contribution in [0.2, 0.25) is 0 Å². The van der Waals surface area contributed by atoms with Crippen LogP contribution >= 0.6 is 23.5 Å². The lowest BCUT2D eigenvalue weighted by Crippen LogP contribution is -2.34. The Hall–Kier alpha value is -0.190. The van der Waals surface area contributed by atoms with Gasteiger partial charge in [0.1, 0.15) is 0 Å². The molecule has 0 amide bonds. The highest BCUT2D eigenvalue weighted by atomic mass is 32.2. The molecule has 0 saturated carbocycles. The average molecular weight is 268 g/mol. The highest BCUT2D eigenvalue weighted by Crippen LogP contribution is 2.40. The van der Waals surface area contributed by atoms with Crippen LogP contribution in [0.1, 0.15) is 31.0 Å². The van der Waals surface area contributed by atoms with Crippen LogP contribution in [0.3, 0.4) is 0 Å². The second-order valence-corrected chi connectivity index (χ2v) is 7.71. The van der Waals surface area contributed by atoms with Gasteiger partial charge < -0.3 is 5.73 Å². The molecule has 0 radical (unpaired) electrons. The Kier molecular flexibility index (Phi) is 4.39. The van der Waals surface area contributed by atoms with Gasteiger partial charge >= 0.3 is 0 Å². The van der Waals surface area contributed by atoms with Crippen molar-refractivity contribution in [2.45, 2.75) is 42.6 Å². The number of aryl methyl sites for hydroxylation is 1. The van der Waals surface area contributed by atoms with Crippen LogP contribution in [0.15, 0.2) is 18.5 Å². The zero-order chi connectivity index (χ0) is 12.4. The van der Waals surface area contributed by atoms with E-state index in [2.05, 4.69) is 25.8 Å². The molecule has 0 spiro atoms. The summed E-state index contributed by atoms with van der Waals surface area (Å²) < 4.78 is 0. The molecule has 1 aliphatic rings. The summed E-state index contributed by atoms with van der Waals surface area (Å²) in [6.45, 7) is 6.72. The first-order chi connectivity index (χ1) is 8.09. The molecule has 4 atom stereocenters. The van der Waals surface area contributed by atoms with E-state index in [1.54, 1.807) is 0 Å². The third-order valence-electron chi connectivity index (χ3n) is 3.41. The van der Waals surface area contributed by atoms with Gasteiger partial charge in [-0.15, -0.1) is 0 Å². The van der Waals surface area contributed by atoms with Crippen LogP contribution in [0.5, 0.6) is 0 Å². The Balaban J connectivity index is 2.10. The number of rotatable bonds is 2. The number of nitrogens with two attached hydrogens (primary N) is 1. The molecule has 17 heavy (non-hydrogen) atoms. The zero-order valence-corrected chi connectivity index (χ0v) is 12.2. The molecule has 4 unspecified atom stereocenters. The summed E-state index contributed by atoms with van der Waals surface area (Å²) in [5, 5.41) is 1.93. The number of aromatic nitrogens is 1. The van der Waals surface area contributed by atoms with Gasteiger partial charge in [0, 0.05) is 39.9 Å². The van der Waals surface area contributed by atoms with Crippen molar-refractivity contribution in [3.63, 3.8) is 0 Å². The number of hydrogen-bond donors (Lipinski definition) is 1. The SMILES string of the molecule is Cc1ccncc1C(N)C1CSC(C)C(C)S1. The van der Waals surface area contributed by atoms with Gasteiger partial charge in [0.25, 0.3) is 0 Å². The molecule has 1 aliphatic heterocycles. The van der Waals surface area contributed by atoms with Crippen LogP contribution in [-0.4, -0.2) is 26.5 Å². The minimum Gasteiger partial charge on any atom is -0.323 e. The molecule has 2 heterocycles. The monoisotopic (exact) mass is 268 g/mol. The van der Waals surface area contributed by atoms with Crippen LogP contribution < -0.4 is 5.73 Å². The quantitative estimate of drug-likeness (QED) is 0.895. The summed E-state index contributed by atoms with van der Waals surface area (Å²) in [5.41, 5.74) is 8.86. The second-order valence-electron chi connectivity index (χ2n) is 4.68. The van der Waals surface area contributed by atoms with Gasteiger partial charge in [-0.2, -0.15) is 23.5 Å². The predicted octanol–water partition coefficient (Wildman–Crippen LogP) is 3.02. The van der Waals surface area contributed by atoms with Crippen molar-refractivity contribution in [1.29, 1.82) is 0 Å². The Morgan fingerprint density at radius 1 is 1.41 bits per heavy atom. The van der Waals surface area contributed by atoms with Crippen molar-refractivity contribution in [2.24, 2.45) is 5.73 Å². The van der Waals surface area contributed by atoms with Gasteiger partial charge in [-0.25, -0.2) is 0 Å². The van der Waals surface area contributed by atoms with Crippen LogP contribution in [0.4, 0.5) is 0 Å². The van der Waals surface area contributed by atoms with Crippen molar-refractivity contribution in [3.05, 3.63) is 29.6 Å². The highest BCUT2D eigenvalue weighted by Gasteiger charge is 2.30. The molecular weight excluding hydrogens is 248 g/mol. The molecule has 2 nitrogen and oxygen atoms in total. The fraction of sp³-hybridized carbons (Fsp3) is 0.615. The lowest BCUT2D eigenvalue weighted by atomic mass is 10.0. The van der Waals surface area contributed by atoms with E-state index in [4.69, 9.17) is 5.73 Å². The third-order valence-corrected chi connectivity index (χ3v) is 6.93. The van der Waals surface area contributed by atoms with Crippen molar-refractivity contribution < 1.29 is 0 Å². The van der Waals surface area contributed by atoms with Gasteiger partial charge in [0.2, 0.25) is 0 Å². The summed E-state index contributed by atoms with van der Waals surface area (Å²) in [6.07, 6.45) is 3.76. The molecule has 1 fully saturated rings. The molecule has 1 saturated heterocycles. The second kappa shape index (κ2) is 5.63. The first-order valence-corrected chi connectivity index (χ1v) is 8.02. The van der Waals surface area contributed by atoms with Gasteiger partial charge in [-0.3, -0.25) is 4.98 Å². The minimum absolute atomic E-state index is 0.108.